The Morgan fingerprint density at radius 2 is 1.16 bits per heavy atom. The average Bonchev–Trinajstić information content (AvgIpc) is 2.82. The monoisotopic (exact) mass is 440 g/mol. The van der Waals surface area contributed by atoms with Crippen LogP contribution in [0.3, 0.4) is 0 Å². The molecule has 0 fully saturated rings. The second-order valence-electron chi connectivity index (χ2n) is 6.88. The van der Waals surface area contributed by atoms with Gasteiger partial charge >= 0.3 is 0 Å². The number of carbonyl (C=O) groups excluding carboxylic acids is 2. The van der Waals surface area contributed by atoms with Crippen molar-refractivity contribution >= 4 is 11.8 Å². The van der Waals surface area contributed by atoms with Crippen molar-refractivity contribution in [2.24, 2.45) is 0 Å². The highest BCUT2D eigenvalue weighted by Crippen LogP contribution is 2.19. The zero-order chi connectivity index (χ0) is 23.1. The van der Waals surface area contributed by atoms with Gasteiger partial charge in [-0.1, -0.05) is 18.2 Å². The van der Waals surface area contributed by atoms with Crippen LogP contribution < -0.4 is 20.1 Å². The van der Waals surface area contributed by atoms with Gasteiger partial charge in [0.2, 0.25) is 0 Å². The molecule has 0 aliphatic rings. The highest BCUT2D eigenvalue weighted by atomic mass is 19.1. The number of nitrogens with one attached hydrogen (secondary N) is 2. The van der Waals surface area contributed by atoms with E-state index in [1.54, 1.807) is 30.3 Å². The normalized spacial score (nSPS) is 10.4. The van der Waals surface area contributed by atoms with Crippen LogP contribution in [0.5, 0.6) is 11.5 Å². The summed E-state index contributed by atoms with van der Waals surface area (Å²) in [5, 5.41) is 5.46. The van der Waals surface area contributed by atoms with Gasteiger partial charge in [-0.2, -0.15) is 0 Å². The molecule has 0 atom stereocenters. The minimum atomic E-state index is -0.486. The van der Waals surface area contributed by atoms with Gasteiger partial charge < -0.3 is 20.1 Å². The summed E-state index contributed by atoms with van der Waals surface area (Å²) in [6.07, 6.45) is 0. The standard InChI is InChI=1S/C24H22F2N2O4/c1-31-21-10-15(6-8-19(21)25)13-27-23(29)17-4-3-5-18(12-17)24(30)28-14-16-7-9-20(26)22(11-16)32-2/h3-12H,13-14H2,1-2H3,(H,27,29)(H,28,30). The van der Waals surface area contributed by atoms with E-state index in [2.05, 4.69) is 10.6 Å². The molecule has 3 rings (SSSR count). The first-order chi connectivity index (χ1) is 15.4. The topological polar surface area (TPSA) is 76.7 Å². The fraction of sp³-hybridized carbons (Fsp3) is 0.167. The summed E-state index contributed by atoms with van der Waals surface area (Å²) < 4.78 is 36.9. The summed E-state index contributed by atoms with van der Waals surface area (Å²) in [6, 6.07) is 14.9. The van der Waals surface area contributed by atoms with Gasteiger partial charge in [-0.05, 0) is 53.6 Å². The fourth-order valence-corrected chi connectivity index (χ4v) is 3.00. The van der Waals surface area contributed by atoms with Crippen molar-refractivity contribution in [1.82, 2.24) is 10.6 Å². The van der Waals surface area contributed by atoms with Crippen LogP contribution >= 0.6 is 0 Å². The van der Waals surface area contributed by atoms with Gasteiger partial charge in [0.25, 0.3) is 11.8 Å². The van der Waals surface area contributed by atoms with Crippen molar-refractivity contribution in [1.29, 1.82) is 0 Å². The average molecular weight is 440 g/mol. The molecule has 0 aromatic heterocycles. The number of methoxy groups -OCH3 is 2. The maximum absolute atomic E-state index is 13.5. The van der Waals surface area contributed by atoms with Gasteiger partial charge in [0.1, 0.15) is 0 Å². The summed E-state index contributed by atoms with van der Waals surface area (Å²) in [6.45, 7) is 0.330. The second-order valence-corrected chi connectivity index (χ2v) is 6.88. The summed E-state index contributed by atoms with van der Waals surface area (Å²) >= 11 is 0. The van der Waals surface area contributed by atoms with Gasteiger partial charge in [0.15, 0.2) is 23.1 Å². The number of hydrogen-bond acceptors (Lipinski definition) is 4. The number of benzene rings is 3. The van der Waals surface area contributed by atoms with Gasteiger partial charge in [-0.3, -0.25) is 9.59 Å². The van der Waals surface area contributed by atoms with E-state index in [4.69, 9.17) is 9.47 Å². The molecule has 3 aromatic carbocycles. The first-order valence-electron chi connectivity index (χ1n) is 9.72. The van der Waals surface area contributed by atoms with Crippen LogP contribution in [0.25, 0.3) is 0 Å². The fourth-order valence-electron chi connectivity index (χ4n) is 3.00. The molecule has 0 spiro atoms. The van der Waals surface area contributed by atoms with Gasteiger partial charge in [-0.15, -0.1) is 0 Å². The lowest BCUT2D eigenvalue weighted by Crippen LogP contribution is -2.25. The van der Waals surface area contributed by atoms with Crippen molar-refractivity contribution in [3.05, 3.63) is 94.6 Å². The zero-order valence-electron chi connectivity index (χ0n) is 17.6. The molecule has 3 aromatic rings. The molecule has 2 amide bonds. The SMILES string of the molecule is COc1cc(CNC(=O)c2cccc(C(=O)NCc3ccc(F)c(OC)c3)c2)ccc1F. The maximum atomic E-state index is 13.5. The van der Waals surface area contributed by atoms with Crippen LogP contribution in [0, 0.1) is 11.6 Å². The van der Waals surface area contributed by atoms with E-state index in [-0.39, 0.29) is 36.4 Å². The van der Waals surface area contributed by atoms with Gasteiger partial charge in [-0.25, -0.2) is 8.78 Å². The Labute approximate surface area is 184 Å². The van der Waals surface area contributed by atoms with E-state index < -0.39 is 11.6 Å². The van der Waals surface area contributed by atoms with Crippen LogP contribution in [0.1, 0.15) is 31.8 Å². The highest BCUT2D eigenvalue weighted by Gasteiger charge is 2.12. The van der Waals surface area contributed by atoms with Crippen LogP contribution in [-0.4, -0.2) is 26.0 Å². The zero-order valence-corrected chi connectivity index (χ0v) is 17.6. The minimum Gasteiger partial charge on any atom is -0.494 e. The number of amides is 2. The molecule has 166 valence electrons. The van der Waals surface area contributed by atoms with E-state index in [0.717, 1.165) is 0 Å². The predicted molar refractivity (Wildman–Crippen MR) is 115 cm³/mol. The van der Waals surface area contributed by atoms with Crippen molar-refractivity contribution < 1.29 is 27.8 Å². The van der Waals surface area contributed by atoms with E-state index in [9.17, 15) is 18.4 Å². The van der Waals surface area contributed by atoms with E-state index in [0.29, 0.717) is 22.3 Å². The molecular formula is C24H22F2N2O4. The van der Waals surface area contributed by atoms with Crippen molar-refractivity contribution in [2.75, 3.05) is 14.2 Å². The summed E-state index contributed by atoms with van der Waals surface area (Å²) in [4.78, 5) is 25.0. The third kappa shape index (κ3) is 5.60. The maximum Gasteiger partial charge on any atom is 0.251 e. The number of halogens is 2. The largest absolute Gasteiger partial charge is 0.494 e. The van der Waals surface area contributed by atoms with Gasteiger partial charge in [0, 0.05) is 24.2 Å². The van der Waals surface area contributed by atoms with Gasteiger partial charge in [0.05, 0.1) is 14.2 Å². The molecule has 0 bridgehead atoms. The molecule has 0 aliphatic carbocycles. The quantitative estimate of drug-likeness (QED) is 0.558. The van der Waals surface area contributed by atoms with E-state index >= 15 is 0 Å². The smallest absolute Gasteiger partial charge is 0.251 e. The molecule has 0 unspecified atom stereocenters. The Hall–Kier alpha value is -3.94. The molecule has 0 saturated heterocycles. The Morgan fingerprint density at radius 3 is 1.56 bits per heavy atom. The Bertz CT molecular complexity index is 1050. The highest BCUT2D eigenvalue weighted by molar-refractivity contribution is 5.99. The van der Waals surface area contributed by atoms with Crippen molar-refractivity contribution in [3.8, 4) is 11.5 Å². The lowest BCUT2D eigenvalue weighted by Gasteiger charge is -2.10. The Kier molecular flexibility index (Phi) is 7.38. The molecular weight excluding hydrogens is 418 g/mol. The van der Waals surface area contributed by atoms with E-state index in [1.807, 2.05) is 0 Å². The molecule has 0 heterocycles. The van der Waals surface area contributed by atoms with Crippen molar-refractivity contribution in [3.63, 3.8) is 0 Å². The Balaban J connectivity index is 1.61. The molecule has 32 heavy (non-hydrogen) atoms. The third-order valence-corrected chi connectivity index (χ3v) is 4.72. The molecule has 2 N–H and O–H groups in total. The number of hydrogen-bond donors (Lipinski definition) is 2. The van der Waals surface area contributed by atoms with Crippen LogP contribution in [-0.2, 0) is 13.1 Å². The first-order valence-corrected chi connectivity index (χ1v) is 9.72. The summed E-state index contributed by atoms with van der Waals surface area (Å²) in [5.41, 5.74) is 1.94. The van der Waals surface area contributed by atoms with Crippen LogP contribution in [0.2, 0.25) is 0 Å². The van der Waals surface area contributed by atoms with E-state index in [1.165, 1.54) is 44.6 Å². The van der Waals surface area contributed by atoms with Crippen molar-refractivity contribution in [2.45, 2.75) is 13.1 Å². The Morgan fingerprint density at radius 1 is 0.719 bits per heavy atom. The number of rotatable bonds is 8. The lowest BCUT2D eigenvalue weighted by atomic mass is 10.1. The predicted octanol–water partition coefficient (Wildman–Crippen LogP) is 3.84. The number of ether oxygens (including phenoxy) is 2. The van der Waals surface area contributed by atoms with Crippen LogP contribution in [0.15, 0.2) is 60.7 Å². The van der Waals surface area contributed by atoms with Crippen LogP contribution in [0.4, 0.5) is 8.78 Å². The molecule has 0 radical (unpaired) electrons. The third-order valence-electron chi connectivity index (χ3n) is 4.72. The summed E-state index contributed by atoms with van der Waals surface area (Å²) in [5.74, 6) is -1.55. The molecule has 8 heteroatoms. The molecule has 0 aliphatic heterocycles. The molecule has 6 nitrogen and oxygen atoms in total. The summed E-state index contributed by atoms with van der Waals surface area (Å²) in [7, 11) is 2.73. The molecule has 0 saturated carbocycles. The lowest BCUT2D eigenvalue weighted by molar-refractivity contribution is 0.0950. The number of carbonyl (C=O) groups is 2. The second kappa shape index (κ2) is 10.4. The first kappa shape index (κ1) is 22.7. The minimum absolute atomic E-state index is 0.0918.